The van der Waals surface area contributed by atoms with Crippen LogP contribution in [0.2, 0.25) is 0 Å². The number of carbonyl (C=O) groups is 1. The Balaban J connectivity index is 2.12. The number of hydrogen-bond donors (Lipinski definition) is 0. The maximum atomic E-state index is 11.8. The summed E-state index contributed by atoms with van der Waals surface area (Å²) in [7, 11) is 0. The first-order valence-electron chi connectivity index (χ1n) is 6.10. The minimum Gasteiger partial charge on any atom is -0.294 e. The summed E-state index contributed by atoms with van der Waals surface area (Å²) in [4.78, 5) is 12.9. The van der Waals surface area contributed by atoms with Gasteiger partial charge in [0.15, 0.2) is 5.78 Å². The lowest BCUT2D eigenvalue weighted by molar-refractivity contribution is 0.0985. The van der Waals surface area contributed by atoms with Crippen molar-refractivity contribution < 1.29 is 4.79 Å². The molecule has 0 aliphatic heterocycles. The molecule has 0 atom stereocenters. The summed E-state index contributed by atoms with van der Waals surface area (Å²) in [6.45, 7) is 1.90. The number of benzene rings is 2. The molecule has 0 spiro atoms. The Morgan fingerprint density at radius 3 is 2.39 bits per heavy atom. The van der Waals surface area contributed by atoms with Gasteiger partial charge in [0.05, 0.1) is 0 Å². The van der Waals surface area contributed by atoms with E-state index >= 15 is 0 Å². The Morgan fingerprint density at radius 1 is 1.00 bits per heavy atom. The highest BCUT2D eigenvalue weighted by Crippen LogP contribution is 2.26. The van der Waals surface area contributed by atoms with Crippen molar-refractivity contribution in [2.45, 2.75) is 24.0 Å². The first kappa shape index (κ1) is 12.9. The molecule has 0 aliphatic carbocycles. The summed E-state index contributed by atoms with van der Waals surface area (Å²) < 4.78 is 0. The topological polar surface area (TPSA) is 17.1 Å². The standard InChI is InChI=1S/C16H16OS/c1-2-15(17)14-10-6-7-11-16(14)18-12-13-8-4-3-5-9-13/h3-11H,2,12H2,1H3. The highest BCUT2D eigenvalue weighted by Gasteiger charge is 2.09. The number of hydrogen-bond acceptors (Lipinski definition) is 2. The smallest absolute Gasteiger partial charge is 0.163 e. The summed E-state index contributed by atoms with van der Waals surface area (Å²) >= 11 is 1.72. The minimum absolute atomic E-state index is 0.214. The van der Waals surface area contributed by atoms with Gasteiger partial charge >= 0.3 is 0 Å². The van der Waals surface area contributed by atoms with E-state index in [0.29, 0.717) is 6.42 Å². The zero-order valence-corrected chi connectivity index (χ0v) is 11.2. The molecule has 0 amide bonds. The molecule has 0 N–H and O–H groups in total. The van der Waals surface area contributed by atoms with Crippen LogP contribution in [-0.4, -0.2) is 5.78 Å². The molecule has 2 heteroatoms. The Hall–Kier alpha value is -1.54. The van der Waals surface area contributed by atoms with Crippen molar-refractivity contribution in [2.24, 2.45) is 0 Å². The lowest BCUT2D eigenvalue weighted by atomic mass is 10.1. The van der Waals surface area contributed by atoms with Gasteiger partial charge in [-0.1, -0.05) is 55.5 Å². The van der Waals surface area contributed by atoms with Crippen LogP contribution in [0, 0.1) is 0 Å². The summed E-state index contributed by atoms with van der Waals surface area (Å²) in [6, 6.07) is 18.2. The number of thioether (sulfide) groups is 1. The third-order valence-electron chi connectivity index (χ3n) is 2.75. The second-order valence-electron chi connectivity index (χ2n) is 4.05. The molecule has 0 fully saturated rings. The maximum Gasteiger partial charge on any atom is 0.163 e. The molecule has 2 aromatic rings. The monoisotopic (exact) mass is 256 g/mol. The molecule has 18 heavy (non-hydrogen) atoms. The van der Waals surface area contributed by atoms with Crippen molar-refractivity contribution in [3.05, 3.63) is 65.7 Å². The third kappa shape index (κ3) is 3.23. The summed E-state index contributed by atoms with van der Waals surface area (Å²) in [6.07, 6.45) is 0.558. The molecule has 92 valence electrons. The van der Waals surface area contributed by atoms with E-state index < -0.39 is 0 Å². The second-order valence-corrected chi connectivity index (χ2v) is 5.06. The van der Waals surface area contributed by atoms with E-state index in [1.165, 1.54) is 5.56 Å². The predicted octanol–water partition coefficient (Wildman–Crippen LogP) is 4.57. The highest BCUT2D eigenvalue weighted by atomic mass is 32.2. The lowest BCUT2D eigenvalue weighted by Gasteiger charge is -2.07. The second kappa shape index (κ2) is 6.41. The Bertz CT molecular complexity index is 520. The van der Waals surface area contributed by atoms with Gasteiger partial charge in [-0.15, -0.1) is 11.8 Å². The first-order valence-corrected chi connectivity index (χ1v) is 7.08. The fourth-order valence-corrected chi connectivity index (χ4v) is 2.78. The lowest BCUT2D eigenvalue weighted by Crippen LogP contribution is -1.98. The summed E-state index contributed by atoms with van der Waals surface area (Å²) in [5.41, 5.74) is 2.13. The average Bonchev–Trinajstić information content (AvgIpc) is 2.45. The van der Waals surface area contributed by atoms with Crippen molar-refractivity contribution in [3.8, 4) is 0 Å². The molecular weight excluding hydrogens is 240 g/mol. The largest absolute Gasteiger partial charge is 0.294 e. The van der Waals surface area contributed by atoms with Crippen molar-refractivity contribution in [1.82, 2.24) is 0 Å². The maximum absolute atomic E-state index is 11.8. The van der Waals surface area contributed by atoms with Crippen molar-refractivity contribution >= 4 is 17.5 Å². The van der Waals surface area contributed by atoms with Crippen LogP contribution in [0.15, 0.2) is 59.5 Å². The molecule has 0 saturated carbocycles. The van der Waals surface area contributed by atoms with E-state index in [-0.39, 0.29) is 5.78 Å². The van der Waals surface area contributed by atoms with E-state index in [2.05, 4.69) is 12.1 Å². The Labute approximate surface area is 112 Å². The molecule has 2 rings (SSSR count). The average molecular weight is 256 g/mol. The van der Waals surface area contributed by atoms with Gasteiger partial charge in [0.2, 0.25) is 0 Å². The molecule has 0 bridgehead atoms. The Kier molecular flexibility index (Phi) is 4.59. The molecule has 0 aliphatic rings. The van der Waals surface area contributed by atoms with Crippen LogP contribution >= 0.6 is 11.8 Å². The van der Waals surface area contributed by atoms with E-state index in [1.54, 1.807) is 11.8 Å². The first-order chi connectivity index (χ1) is 8.81. The quantitative estimate of drug-likeness (QED) is 0.575. The number of Topliss-reactive ketones (excluding diaryl/α,β-unsaturated/α-hetero) is 1. The van der Waals surface area contributed by atoms with Gasteiger partial charge in [-0.2, -0.15) is 0 Å². The highest BCUT2D eigenvalue weighted by molar-refractivity contribution is 7.98. The summed E-state index contributed by atoms with van der Waals surface area (Å²) in [5.74, 6) is 1.11. The molecule has 0 radical (unpaired) electrons. The van der Waals surface area contributed by atoms with E-state index in [9.17, 15) is 4.79 Å². The van der Waals surface area contributed by atoms with Crippen molar-refractivity contribution in [3.63, 3.8) is 0 Å². The molecule has 0 unspecified atom stereocenters. The Morgan fingerprint density at radius 2 is 1.67 bits per heavy atom. The zero-order valence-electron chi connectivity index (χ0n) is 10.4. The van der Waals surface area contributed by atoms with Crippen LogP contribution in [0.3, 0.4) is 0 Å². The third-order valence-corrected chi connectivity index (χ3v) is 3.89. The van der Waals surface area contributed by atoms with Crippen LogP contribution in [0.4, 0.5) is 0 Å². The van der Waals surface area contributed by atoms with Crippen LogP contribution in [0.1, 0.15) is 29.3 Å². The molecular formula is C16H16OS. The van der Waals surface area contributed by atoms with Gasteiger partial charge in [0, 0.05) is 22.6 Å². The summed E-state index contributed by atoms with van der Waals surface area (Å²) in [5, 5.41) is 0. The van der Waals surface area contributed by atoms with E-state index in [4.69, 9.17) is 0 Å². The molecule has 0 heterocycles. The number of ketones is 1. The van der Waals surface area contributed by atoms with Gasteiger partial charge in [0.1, 0.15) is 0 Å². The number of rotatable bonds is 5. The van der Waals surface area contributed by atoms with Gasteiger partial charge in [-0.25, -0.2) is 0 Å². The van der Waals surface area contributed by atoms with Gasteiger partial charge in [-0.05, 0) is 11.6 Å². The van der Waals surface area contributed by atoms with Crippen LogP contribution in [-0.2, 0) is 5.75 Å². The SMILES string of the molecule is CCC(=O)c1ccccc1SCc1ccccc1. The minimum atomic E-state index is 0.214. The van der Waals surface area contributed by atoms with E-state index in [1.807, 2.05) is 49.4 Å². The van der Waals surface area contributed by atoms with Crippen molar-refractivity contribution in [2.75, 3.05) is 0 Å². The molecule has 0 saturated heterocycles. The van der Waals surface area contributed by atoms with Gasteiger partial charge < -0.3 is 0 Å². The zero-order chi connectivity index (χ0) is 12.8. The molecule has 1 nitrogen and oxygen atoms in total. The fraction of sp³-hybridized carbons (Fsp3) is 0.188. The van der Waals surface area contributed by atoms with Gasteiger partial charge in [-0.3, -0.25) is 4.79 Å². The fourth-order valence-electron chi connectivity index (χ4n) is 1.75. The van der Waals surface area contributed by atoms with Crippen molar-refractivity contribution in [1.29, 1.82) is 0 Å². The van der Waals surface area contributed by atoms with Crippen LogP contribution < -0.4 is 0 Å². The predicted molar refractivity (Wildman–Crippen MR) is 77.1 cm³/mol. The molecule has 2 aromatic carbocycles. The molecule has 0 aromatic heterocycles. The normalized spacial score (nSPS) is 10.3. The van der Waals surface area contributed by atoms with Gasteiger partial charge in [0.25, 0.3) is 0 Å². The van der Waals surface area contributed by atoms with E-state index in [0.717, 1.165) is 16.2 Å². The van der Waals surface area contributed by atoms with Crippen LogP contribution in [0.5, 0.6) is 0 Å². The van der Waals surface area contributed by atoms with Crippen LogP contribution in [0.25, 0.3) is 0 Å². The number of carbonyl (C=O) groups excluding carboxylic acids is 1.